The van der Waals surface area contributed by atoms with Crippen LogP contribution in [0.25, 0.3) is 27.9 Å². The monoisotopic (exact) mass is 292 g/mol. The number of phenols is 1. The topological polar surface area (TPSA) is 72.5 Å². The van der Waals surface area contributed by atoms with Crippen LogP contribution >= 0.6 is 0 Å². The second-order valence-electron chi connectivity index (χ2n) is 4.87. The molecule has 6 heteroatoms. The van der Waals surface area contributed by atoms with E-state index in [1.807, 2.05) is 34.7 Å². The molecule has 0 fully saturated rings. The summed E-state index contributed by atoms with van der Waals surface area (Å²) in [5, 5.41) is 19.2. The van der Waals surface area contributed by atoms with E-state index in [0.717, 1.165) is 16.8 Å². The van der Waals surface area contributed by atoms with Gasteiger partial charge >= 0.3 is 0 Å². The average molecular weight is 292 g/mol. The van der Waals surface area contributed by atoms with Gasteiger partial charge in [-0.1, -0.05) is 30.3 Å². The molecule has 0 unspecified atom stereocenters. The molecule has 6 nitrogen and oxygen atoms in total. The molecule has 108 valence electrons. The zero-order chi connectivity index (χ0) is 15.1. The molecular formula is C16H12N4O2. The molecule has 2 aromatic heterocycles. The number of aromatic hydroxyl groups is 1. The van der Waals surface area contributed by atoms with E-state index in [-0.39, 0.29) is 5.75 Å². The van der Waals surface area contributed by atoms with E-state index in [0.29, 0.717) is 16.9 Å². The lowest BCUT2D eigenvalue weighted by atomic mass is 10.2. The largest absolute Gasteiger partial charge is 0.504 e. The van der Waals surface area contributed by atoms with Crippen molar-refractivity contribution in [2.75, 3.05) is 7.11 Å². The number of hydrogen-bond donors (Lipinski definition) is 1. The van der Waals surface area contributed by atoms with Gasteiger partial charge in [0.05, 0.1) is 12.6 Å². The van der Waals surface area contributed by atoms with Crippen LogP contribution in [0.2, 0.25) is 0 Å². The van der Waals surface area contributed by atoms with Gasteiger partial charge in [-0.15, -0.1) is 10.2 Å². The maximum Gasteiger partial charge on any atom is 0.171 e. The van der Waals surface area contributed by atoms with E-state index >= 15 is 0 Å². The normalized spacial score (nSPS) is 11.1. The molecule has 0 atom stereocenters. The third-order valence-electron chi connectivity index (χ3n) is 3.58. The minimum Gasteiger partial charge on any atom is -0.504 e. The molecule has 0 aliphatic rings. The van der Waals surface area contributed by atoms with Gasteiger partial charge in [-0.05, 0) is 6.07 Å². The van der Waals surface area contributed by atoms with Crippen molar-refractivity contribution >= 4 is 16.6 Å². The summed E-state index contributed by atoms with van der Waals surface area (Å²) in [4.78, 5) is 4.37. The molecule has 4 aromatic rings. The lowest BCUT2D eigenvalue weighted by molar-refractivity contribution is 0.374. The highest BCUT2D eigenvalue weighted by molar-refractivity contribution is 5.94. The summed E-state index contributed by atoms with van der Waals surface area (Å²) in [6.45, 7) is 0. The summed E-state index contributed by atoms with van der Waals surface area (Å²) in [6, 6.07) is 13.1. The van der Waals surface area contributed by atoms with E-state index in [2.05, 4.69) is 15.2 Å². The summed E-state index contributed by atoms with van der Waals surface area (Å²) in [5.74, 6) is 1.15. The minimum atomic E-state index is 0.0506. The van der Waals surface area contributed by atoms with Crippen LogP contribution in [0.4, 0.5) is 0 Å². The Kier molecular flexibility index (Phi) is 2.69. The highest BCUT2D eigenvalue weighted by Gasteiger charge is 2.13. The molecule has 0 spiro atoms. The first-order valence-corrected chi connectivity index (χ1v) is 6.74. The maximum absolute atomic E-state index is 9.86. The van der Waals surface area contributed by atoms with Gasteiger partial charge in [-0.25, -0.2) is 4.98 Å². The highest BCUT2D eigenvalue weighted by Crippen LogP contribution is 2.32. The molecule has 0 aliphatic carbocycles. The van der Waals surface area contributed by atoms with Gasteiger partial charge in [0.25, 0.3) is 0 Å². The molecule has 0 saturated heterocycles. The number of phenolic OH excluding ortho intramolecular Hbond substituents is 1. The summed E-state index contributed by atoms with van der Waals surface area (Å²) >= 11 is 0. The van der Waals surface area contributed by atoms with Crippen molar-refractivity contribution in [1.82, 2.24) is 19.6 Å². The van der Waals surface area contributed by atoms with E-state index in [4.69, 9.17) is 4.74 Å². The van der Waals surface area contributed by atoms with Crippen LogP contribution in [0.15, 0.2) is 48.8 Å². The van der Waals surface area contributed by atoms with Crippen molar-refractivity contribution in [3.63, 3.8) is 0 Å². The summed E-state index contributed by atoms with van der Waals surface area (Å²) < 4.78 is 6.99. The van der Waals surface area contributed by atoms with E-state index in [9.17, 15) is 5.11 Å². The Morgan fingerprint density at radius 3 is 2.68 bits per heavy atom. The third kappa shape index (κ3) is 1.77. The SMILES string of the molecule is COc1cc2c(cc1O)ncn1c(-c3ccccc3)nnc21. The van der Waals surface area contributed by atoms with Crippen LogP contribution in [0.3, 0.4) is 0 Å². The van der Waals surface area contributed by atoms with Gasteiger partial charge < -0.3 is 9.84 Å². The first kappa shape index (κ1) is 12.6. The number of fused-ring (bicyclic) bond motifs is 3. The smallest absolute Gasteiger partial charge is 0.171 e. The van der Waals surface area contributed by atoms with Crippen molar-refractivity contribution in [2.45, 2.75) is 0 Å². The first-order valence-electron chi connectivity index (χ1n) is 6.74. The van der Waals surface area contributed by atoms with Crippen LogP contribution in [-0.4, -0.2) is 31.8 Å². The Morgan fingerprint density at radius 1 is 1.09 bits per heavy atom. The number of nitrogens with zero attached hydrogens (tertiary/aromatic N) is 4. The Bertz CT molecular complexity index is 980. The molecule has 0 bridgehead atoms. The molecule has 1 N–H and O–H groups in total. The number of aromatic nitrogens is 4. The Labute approximate surface area is 125 Å². The van der Waals surface area contributed by atoms with Gasteiger partial charge in [0.2, 0.25) is 0 Å². The molecule has 2 heterocycles. The quantitative estimate of drug-likeness (QED) is 0.615. The molecule has 0 aliphatic heterocycles. The fourth-order valence-electron chi connectivity index (χ4n) is 2.50. The number of hydrogen-bond acceptors (Lipinski definition) is 5. The molecule has 0 saturated carbocycles. The van der Waals surface area contributed by atoms with Crippen LogP contribution < -0.4 is 4.74 Å². The fourth-order valence-corrected chi connectivity index (χ4v) is 2.50. The van der Waals surface area contributed by atoms with E-state index < -0.39 is 0 Å². The predicted molar refractivity (Wildman–Crippen MR) is 81.9 cm³/mol. The lowest BCUT2D eigenvalue weighted by Gasteiger charge is -2.06. The van der Waals surface area contributed by atoms with Crippen molar-refractivity contribution < 1.29 is 9.84 Å². The van der Waals surface area contributed by atoms with Crippen molar-refractivity contribution in [2.24, 2.45) is 0 Å². The number of benzene rings is 2. The summed E-state index contributed by atoms with van der Waals surface area (Å²) in [6.07, 6.45) is 1.66. The molecule has 22 heavy (non-hydrogen) atoms. The van der Waals surface area contributed by atoms with Gasteiger partial charge in [0.1, 0.15) is 6.33 Å². The van der Waals surface area contributed by atoms with E-state index in [1.165, 1.54) is 7.11 Å². The van der Waals surface area contributed by atoms with E-state index in [1.54, 1.807) is 18.5 Å². The molecule has 2 aromatic carbocycles. The van der Waals surface area contributed by atoms with Crippen molar-refractivity contribution in [3.05, 3.63) is 48.8 Å². The summed E-state index contributed by atoms with van der Waals surface area (Å²) in [5.41, 5.74) is 2.27. The van der Waals surface area contributed by atoms with Gasteiger partial charge in [0, 0.05) is 17.0 Å². The Balaban J connectivity index is 2.04. The lowest BCUT2D eigenvalue weighted by Crippen LogP contribution is -1.93. The zero-order valence-corrected chi connectivity index (χ0v) is 11.8. The number of rotatable bonds is 2. The van der Waals surface area contributed by atoms with Crippen molar-refractivity contribution in [1.29, 1.82) is 0 Å². The maximum atomic E-state index is 9.86. The van der Waals surface area contributed by atoms with Crippen LogP contribution in [-0.2, 0) is 0 Å². The Hall–Kier alpha value is -3.15. The average Bonchev–Trinajstić information content (AvgIpc) is 2.99. The fraction of sp³-hybridized carbons (Fsp3) is 0.0625. The molecular weight excluding hydrogens is 280 g/mol. The first-order chi connectivity index (χ1) is 10.8. The molecule has 0 radical (unpaired) electrons. The van der Waals surface area contributed by atoms with Crippen LogP contribution in [0.1, 0.15) is 0 Å². The molecule has 0 amide bonds. The Morgan fingerprint density at radius 2 is 1.91 bits per heavy atom. The van der Waals surface area contributed by atoms with Gasteiger partial charge in [-0.2, -0.15) is 0 Å². The number of methoxy groups -OCH3 is 1. The highest BCUT2D eigenvalue weighted by atomic mass is 16.5. The minimum absolute atomic E-state index is 0.0506. The number of ether oxygens (including phenoxy) is 1. The standard InChI is InChI=1S/C16H12N4O2/c1-22-14-7-11-12(8-13(14)21)17-9-20-15(18-19-16(11)20)10-5-3-2-4-6-10/h2-9,21H,1H3. The molecule has 4 rings (SSSR count). The van der Waals surface area contributed by atoms with Crippen LogP contribution in [0, 0.1) is 0 Å². The van der Waals surface area contributed by atoms with Gasteiger partial charge in [-0.3, -0.25) is 4.40 Å². The third-order valence-corrected chi connectivity index (χ3v) is 3.58. The summed E-state index contributed by atoms with van der Waals surface area (Å²) in [7, 11) is 1.51. The second-order valence-corrected chi connectivity index (χ2v) is 4.87. The zero-order valence-electron chi connectivity index (χ0n) is 11.8. The predicted octanol–water partition coefficient (Wildman–Crippen LogP) is 2.66. The second kappa shape index (κ2) is 4.70. The van der Waals surface area contributed by atoms with Gasteiger partial charge in [0.15, 0.2) is 23.0 Å². The van der Waals surface area contributed by atoms with Crippen LogP contribution in [0.5, 0.6) is 11.5 Å². The van der Waals surface area contributed by atoms with Crippen molar-refractivity contribution in [3.8, 4) is 22.9 Å².